The molecule has 15 heavy (non-hydrogen) atoms. The first-order chi connectivity index (χ1) is 6.81. The van der Waals surface area contributed by atoms with Crippen molar-refractivity contribution >= 4 is 5.69 Å². The predicted molar refractivity (Wildman–Crippen MR) is 39.7 cm³/mol. The average Bonchev–Trinajstić information content (AvgIpc) is 1.99. The van der Waals surface area contributed by atoms with Gasteiger partial charge in [-0.15, -0.1) is 13.2 Å². The minimum Gasteiger partial charge on any atom is -0.398 e. The molecule has 4 nitrogen and oxygen atoms in total. The molecule has 0 atom stereocenters. The zero-order valence-electron chi connectivity index (χ0n) is 6.92. The summed E-state index contributed by atoms with van der Waals surface area (Å²) in [6, 6.07) is 2.21. The number of para-hydroxylation sites is 1. The largest absolute Gasteiger partial charge is 0.573 e. The van der Waals surface area contributed by atoms with Gasteiger partial charge in [0, 0.05) is 0 Å². The third-order valence-corrected chi connectivity index (χ3v) is 1.36. The van der Waals surface area contributed by atoms with Gasteiger partial charge in [0.1, 0.15) is 0 Å². The van der Waals surface area contributed by atoms with Gasteiger partial charge in [-0.2, -0.15) is 4.39 Å². The molecule has 1 aromatic carbocycles. The molecule has 0 unspecified atom stereocenters. The Labute approximate surface area is 80.2 Å². The fourth-order valence-corrected chi connectivity index (χ4v) is 0.880. The number of benzene rings is 1. The first kappa shape index (κ1) is 11.2. The summed E-state index contributed by atoms with van der Waals surface area (Å²) in [6.07, 6.45) is -5.10. The van der Waals surface area contributed by atoms with Gasteiger partial charge in [-0.05, 0) is 12.1 Å². The zero-order valence-corrected chi connectivity index (χ0v) is 6.92. The number of nitro benzene ring substituents is 1. The number of halogens is 4. The van der Waals surface area contributed by atoms with E-state index in [2.05, 4.69) is 4.74 Å². The van der Waals surface area contributed by atoms with Crippen LogP contribution in [-0.4, -0.2) is 11.3 Å². The van der Waals surface area contributed by atoms with E-state index in [0.29, 0.717) is 12.1 Å². The summed E-state index contributed by atoms with van der Waals surface area (Å²) < 4.78 is 51.3. The van der Waals surface area contributed by atoms with Crippen molar-refractivity contribution in [2.75, 3.05) is 0 Å². The molecule has 0 amide bonds. The highest BCUT2D eigenvalue weighted by Crippen LogP contribution is 2.33. The van der Waals surface area contributed by atoms with Crippen LogP contribution in [0.3, 0.4) is 0 Å². The van der Waals surface area contributed by atoms with Crippen molar-refractivity contribution < 1.29 is 27.2 Å². The first-order valence-electron chi connectivity index (χ1n) is 3.50. The lowest BCUT2D eigenvalue weighted by Crippen LogP contribution is -2.18. The lowest BCUT2D eigenvalue weighted by atomic mass is 10.3. The van der Waals surface area contributed by atoms with E-state index in [1.165, 1.54) is 0 Å². The highest BCUT2D eigenvalue weighted by molar-refractivity contribution is 5.47. The molecule has 0 fully saturated rings. The lowest BCUT2D eigenvalue weighted by molar-refractivity contribution is -0.391. The first-order valence-corrected chi connectivity index (χ1v) is 3.50. The second kappa shape index (κ2) is 3.71. The van der Waals surface area contributed by atoms with E-state index in [1.54, 1.807) is 0 Å². The van der Waals surface area contributed by atoms with Crippen LogP contribution in [0.1, 0.15) is 0 Å². The Balaban J connectivity index is 3.18. The van der Waals surface area contributed by atoms with Gasteiger partial charge in [0.25, 0.3) is 0 Å². The number of rotatable bonds is 2. The van der Waals surface area contributed by atoms with Crippen LogP contribution < -0.4 is 4.74 Å². The van der Waals surface area contributed by atoms with E-state index in [4.69, 9.17) is 0 Å². The van der Waals surface area contributed by atoms with Gasteiger partial charge >= 0.3 is 12.0 Å². The smallest absolute Gasteiger partial charge is 0.398 e. The Bertz CT molecular complexity index is 390. The molecular weight excluding hydrogens is 222 g/mol. The molecule has 0 spiro atoms. The van der Waals surface area contributed by atoms with Gasteiger partial charge in [0.15, 0.2) is 0 Å². The van der Waals surface area contributed by atoms with E-state index in [-0.39, 0.29) is 0 Å². The third kappa shape index (κ3) is 2.79. The molecule has 0 aliphatic carbocycles. The lowest BCUT2D eigenvalue weighted by Gasteiger charge is -2.08. The second-order valence-electron chi connectivity index (χ2n) is 2.39. The van der Waals surface area contributed by atoms with E-state index in [1.807, 2.05) is 0 Å². The van der Waals surface area contributed by atoms with Crippen molar-refractivity contribution in [3.63, 3.8) is 0 Å². The Kier molecular flexibility index (Phi) is 2.78. The Morgan fingerprint density at radius 3 is 2.40 bits per heavy atom. The van der Waals surface area contributed by atoms with Crippen molar-refractivity contribution in [1.29, 1.82) is 0 Å². The molecule has 0 bridgehead atoms. The van der Waals surface area contributed by atoms with Gasteiger partial charge in [0.2, 0.25) is 11.6 Å². The molecule has 0 N–H and O–H groups in total. The minimum atomic E-state index is -5.10. The van der Waals surface area contributed by atoms with E-state index in [0.717, 1.165) is 6.07 Å². The molecule has 0 aromatic heterocycles. The molecule has 0 saturated heterocycles. The molecule has 8 heteroatoms. The molecule has 1 aromatic rings. The van der Waals surface area contributed by atoms with Crippen molar-refractivity contribution in [3.05, 3.63) is 34.1 Å². The van der Waals surface area contributed by atoms with Crippen molar-refractivity contribution in [1.82, 2.24) is 0 Å². The van der Waals surface area contributed by atoms with Crippen LogP contribution in [0.15, 0.2) is 18.2 Å². The van der Waals surface area contributed by atoms with Crippen LogP contribution in [0, 0.1) is 15.9 Å². The third-order valence-electron chi connectivity index (χ3n) is 1.36. The van der Waals surface area contributed by atoms with Crippen LogP contribution in [0.2, 0.25) is 0 Å². The predicted octanol–water partition coefficient (Wildman–Crippen LogP) is 2.63. The SMILES string of the molecule is O=[N+]([O-])c1c(F)cccc1OC(F)(F)F. The zero-order chi connectivity index (χ0) is 11.6. The topological polar surface area (TPSA) is 52.4 Å². The van der Waals surface area contributed by atoms with Crippen LogP contribution in [0.25, 0.3) is 0 Å². The molecule has 0 heterocycles. The molecule has 82 valence electrons. The van der Waals surface area contributed by atoms with Gasteiger partial charge < -0.3 is 4.74 Å². The van der Waals surface area contributed by atoms with E-state index >= 15 is 0 Å². The maximum Gasteiger partial charge on any atom is 0.573 e. The molecule has 0 aliphatic heterocycles. The quantitative estimate of drug-likeness (QED) is 0.441. The van der Waals surface area contributed by atoms with Gasteiger partial charge in [-0.25, -0.2) is 0 Å². The van der Waals surface area contributed by atoms with Crippen molar-refractivity contribution in [2.24, 2.45) is 0 Å². The maximum atomic E-state index is 12.8. The second-order valence-corrected chi connectivity index (χ2v) is 2.39. The number of alkyl halides is 3. The number of nitrogens with zero attached hydrogens (tertiary/aromatic N) is 1. The molecule has 0 saturated carbocycles. The number of hydrogen-bond acceptors (Lipinski definition) is 3. The summed E-state index contributed by atoms with van der Waals surface area (Å²) in [5.41, 5.74) is -1.34. The summed E-state index contributed by atoms with van der Waals surface area (Å²) in [7, 11) is 0. The Hall–Kier alpha value is -1.86. The minimum absolute atomic E-state index is 0.661. The highest BCUT2D eigenvalue weighted by Gasteiger charge is 2.35. The Morgan fingerprint density at radius 1 is 1.33 bits per heavy atom. The average molecular weight is 225 g/mol. The summed E-state index contributed by atoms with van der Waals surface area (Å²) in [5.74, 6) is -2.56. The number of hydrogen-bond donors (Lipinski definition) is 0. The molecule has 1 rings (SSSR count). The van der Waals surface area contributed by atoms with Gasteiger partial charge in [-0.3, -0.25) is 10.1 Å². The number of nitro groups is 1. The van der Waals surface area contributed by atoms with Gasteiger partial charge in [0.05, 0.1) is 4.92 Å². The molecular formula is C7H3F4NO3. The monoisotopic (exact) mass is 225 g/mol. The molecule has 0 aliphatic rings. The normalized spacial score (nSPS) is 11.2. The standard InChI is InChI=1S/C7H3F4NO3/c8-4-2-1-3-5(6(4)12(13)14)15-7(9,10)11/h1-3H. The Morgan fingerprint density at radius 2 is 1.93 bits per heavy atom. The van der Waals surface area contributed by atoms with Crippen LogP contribution in [0.4, 0.5) is 23.2 Å². The van der Waals surface area contributed by atoms with E-state index < -0.39 is 28.5 Å². The van der Waals surface area contributed by atoms with Crippen LogP contribution in [-0.2, 0) is 0 Å². The van der Waals surface area contributed by atoms with Gasteiger partial charge in [-0.1, -0.05) is 6.07 Å². The summed E-state index contributed by atoms with van der Waals surface area (Å²) in [5, 5.41) is 10.2. The highest BCUT2D eigenvalue weighted by atomic mass is 19.4. The summed E-state index contributed by atoms with van der Waals surface area (Å²) in [4.78, 5) is 8.97. The maximum absolute atomic E-state index is 12.8. The van der Waals surface area contributed by atoms with Crippen molar-refractivity contribution in [2.45, 2.75) is 6.36 Å². The fraction of sp³-hybridized carbons (Fsp3) is 0.143. The summed E-state index contributed by atoms with van der Waals surface area (Å²) in [6.45, 7) is 0. The van der Waals surface area contributed by atoms with Crippen molar-refractivity contribution in [3.8, 4) is 5.75 Å². The van der Waals surface area contributed by atoms with Crippen LogP contribution in [0.5, 0.6) is 5.75 Å². The van der Waals surface area contributed by atoms with E-state index in [9.17, 15) is 27.7 Å². The number of ether oxygens (including phenoxy) is 1. The van der Waals surface area contributed by atoms with Crippen LogP contribution >= 0.6 is 0 Å². The fourth-order valence-electron chi connectivity index (χ4n) is 0.880. The molecule has 0 radical (unpaired) electrons. The summed E-state index contributed by atoms with van der Waals surface area (Å²) >= 11 is 0.